The molecule has 2 saturated heterocycles. The third kappa shape index (κ3) is 4.19. The van der Waals surface area contributed by atoms with E-state index in [2.05, 4.69) is 30.4 Å². The molecule has 0 saturated carbocycles. The highest BCUT2D eigenvalue weighted by atomic mass is 16.7. The minimum atomic E-state index is -0.492. The van der Waals surface area contributed by atoms with Crippen LogP contribution in [0.15, 0.2) is 17.2 Å². The van der Waals surface area contributed by atoms with E-state index >= 15 is 0 Å². The molecule has 13 nitrogen and oxygen atoms in total. The van der Waals surface area contributed by atoms with Crippen molar-refractivity contribution in [1.29, 1.82) is 0 Å². The summed E-state index contributed by atoms with van der Waals surface area (Å²) < 4.78 is 16.0. The first-order valence-electron chi connectivity index (χ1n) is 10.4. The lowest BCUT2D eigenvalue weighted by Gasteiger charge is -2.27. The summed E-state index contributed by atoms with van der Waals surface area (Å²) in [5, 5.41) is 15.6. The zero-order valence-corrected chi connectivity index (χ0v) is 17.3. The lowest BCUT2D eigenvalue weighted by Crippen LogP contribution is -2.38. The molecule has 3 aliphatic rings. The van der Waals surface area contributed by atoms with Gasteiger partial charge in [-0.15, -0.1) is 0 Å². The van der Waals surface area contributed by atoms with Crippen LogP contribution in [0.3, 0.4) is 0 Å². The van der Waals surface area contributed by atoms with Gasteiger partial charge in [-0.1, -0.05) is 0 Å². The smallest absolute Gasteiger partial charge is 0.282 e. The Kier molecular flexibility index (Phi) is 5.54. The Morgan fingerprint density at radius 2 is 1.66 bits per heavy atom. The Morgan fingerprint density at radius 1 is 1.00 bits per heavy atom. The molecule has 5 rings (SSSR count). The predicted molar refractivity (Wildman–Crippen MR) is 115 cm³/mol. The molecule has 13 heteroatoms. The van der Waals surface area contributed by atoms with Crippen molar-refractivity contribution in [1.82, 2.24) is 15.0 Å². The van der Waals surface area contributed by atoms with Gasteiger partial charge in [-0.3, -0.25) is 10.1 Å². The summed E-state index contributed by atoms with van der Waals surface area (Å²) in [5.41, 5.74) is 2.93. The number of ether oxygens (including phenoxy) is 3. The molecule has 3 aliphatic heterocycles. The van der Waals surface area contributed by atoms with E-state index in [-0.39, 0.29) is 24.0 Å². The van der Waals surface area contributed by atoms with Crippen molar-refractivity contribution in [3.05, 3.63) is 27.8 Å². The number of fused-ring (bicyclic) bond motifs is 1. The van der Waals surface area contributed by atoms with Crippen LogP contribution in [0.1, 0.15) is 18.4 Å². The minimum absolute atomic E-state index is 0.0276. The van der Waals surface area contributed by atoms with E-state index in [9.17, 15) is 10.1 Å². The topological polar surface area (TPSA) is 140 Å². The van der Waals surface area contributed by atoms with E-state index in [1.807, 2.05) is 4.90 Å². The van der Waals surface area contributed by atoms with Crippen molar-refractivity contribution in [2.24, 2.45) is 5.10 Å². The number of nitro groups is 1. The molecule has 0 bridgehead atoms. The number of rotatable bonds is 6. The van der Waals surface area contributed by atoms with E-state index in [0.29, 0.717) is 49.7 Å². The molecule has 0 aliphatic carbocycles. The zero-order chi connectivity index (χ0) is 21.9. The molecule has 1 aromatic carbocycles. The van der Waals surface area contributed by atoms with Crippen molar-refractivity contribution in [3.8, 4) is 11.5 Å². The van der Waals surface area contributed by atoms with Crippen molar-refractivity contribution < 1.29 is 19.1 Å². The van der Waals surface area contributed by atoms with Gasteiger partial charge in [0.25, 0.3) is 5.69 Å². The first kappa shape index (κ1) is 20.2. The van der Waals surface area contributed by atoms with Crippen LogP contribution in [-0.2, 0) is 4.74 Å². The number of nitrogens with zero attached hydrogens (tertiary/aromatic N) is 7. The Hall–Kier alpha value is -3.74. The summed E-state index contributed by atoms with van der Waals surface area (Å²) in [6.07, 6.45) is 3.52. The molecule has 32 heavy (non-hydrogen) atoms. The monoisotopic (exact) mass is 442 g/mol. The van der Waals surface area contributed by atoms with E-state index in [1.54, 1.807) is 0 Å². The second-order valence-electron chi connectivity index (χ2n) is 7.44. The van der Waals surface area contributed by atoms with Gasteiger partial charge < -0.3 is 24.0 Å². The first-order chi connectivity index (χ1) is 15.7. The van der Waals surface area contributed by atoms with Crippen molar-refractivity contribution in [2.75, 3.05) is 61.4 Å². The largest absolute Gasteiger partial charge is 0.454 e. The molecule has 2 aromatic rings. The zero-order valence-electron chi connectivity index (χ0n) is 17.3. The normalized spacial score (nSPS) is 17.9. The first-order valence-corrected chi connectivity index (χ1v) is 10.4. The third-order valence-corrected chi connectivity index (χ3v) is 5.38. The third-order valence-electron chi connectivity index (χ3n) is 5.38. The van der Waals surface area contributed by atoms with Crippen molar-refractivity contribution in [3.63, 3.8) is 0 Å². The molecule has 0 radical (unpaired) electrons. The van der Waals surface area contributed by atoms with Crippen LogP contribution < -0.4 is 24.7 Å². The Labute approximate surface area is 183 Å². The summed E-state index contributed by atoms with van der Waals surface area (Å²) in [4.78, 5) is 28.7. The molecule has 0 amide bonds. The average molecular weight is 442 g/mol. The van der Waals surface area contributed by atoms with Crippen molar-refractivity contribution >= 4 is 29.7 Å². The lowest BCUT2D eigenvalue weighted by molar-refractivity contribution is -0.385. The van der Waals surface area contributed by atoms with Gasteiger partial charge in [-0.05, 0) is 18.9 Å². The standard InChI is InChI=1S/C19H22N8O5/c28-27(29)14-10-16-15(31-12-32-16)9-13(14)11-20-24-17-21-18(25-3-1-2-4-25)23-19(22-17)26-5-7-30-8-6-26/h9-11H,1-8,12H2,(H,21,22,23,24)/b20-11+. The predicted octanol–water partition coefficient (Wildman–Crippen LogP) is 1.39. The number of aromatic nitrogens is 3. The number of hydrazone groups is 1. The van der Waals surface area contributed by atoms with Gasteiger partial charge in [0.15, 0.2) is 11.5 Å². The lowest BCUT2D eigenvalue weighted by atomic mass is 10.1. The van der Waals surface area contributed by atoms with E-state index < -0.39 is 4.92 Å². The van der Waals surface area contributed by atoms with Gasteiger partial charge in [0, 0.05) is 26.2 Å². The molecular formula is C19H22N8O5. The van der Waals surface area contributed by atoms with Gasteiger partial charge in [-0.2, -0.15) is 20.1 Å². The van der Waals surface area contributed by atoms with Crippen LogP contribution in [-0.4, -0.2) is 72.3 Å². The van der Waals surface area contributed by atoms with Crippen LogP contribution in [0.4, 0.5) is 23.5 Å². The Bertz CT molecular complexity index is 1040. The minimum Gasteiger partial charge on any atom is -0.454 e. The molecule has 0 spiro atoms. The van der Waals surface area contributed by atoms with Gasteiger partial charge >= 0.3 is 0 Å². The van der Waals surface area contributed by atoms with Crippen LogP contribution in [0.2, 0.25) is 0 Å². The summed E-state index contributed by atoms with van der Waals surface area (Å²) in [6, 6.07) is 2.85. The summed E-state index contributed by atoms with van der Waals surface area (Å²) >= 11 is 0. The number of hydrogen-bond acceptors (Lipinski definition) is 12. The van der Waals surface area contributed by atoms with Gasteiger partial charge in [0.1, 0.15) is 0 Å². The number of hydrogen-bond donors (Lipinski definition) is 1. The fourth-order valence-corrected chi connectivity index (χ4v) is 3.74. The number of morpholine rings is 1. The van der Waals surface area contributed by atoms with E-state index in [1.165, 1.54) is 18.3 Å². The maximum absolute atomic E-state index is 11.4. The highest BCUT2D eigenvalue weighted by molar-refractivity contribution is 5.87. The van der Waals surface area contributed by atoms with Crippen LogP contribution in [0.25, 0.3) is 0 Å². The van der Waals surface area contributed by atoms with Crippen LogP contribution in [0.5, 0.6) is 11.5 Å². The highest BCUT2D eigenvalue weighted by Gasteiger charge is 2.23. The number of nitro benzene ring substituents is 1. The second kappa shape index (κ2) is 8.78. The second-order valence-corrected chi connectivity index (χ2v) is 7.44. The van der Waals surface area contributed by atoms with Crippen molar-refractivity contribution in [2.45, 2.75) is 12.8 Å². The van der Waals surface area contributed by atoms with Gasteiger partial charge in [0.05, 0.1) is 36.0 Å². The summed E-state index contributed by atoms with van der Waals surface area (Å²) in [7, 11) is 0. The Morgan fingerprint density at radius 3 is 2.34 bits per heavy atom. The maximum atomic E-state index is 11.4. The number of nitrogens with one attached hydrogen (secondary N) is 1. The van der Waals surface area contributed by atoms with Crippen LogP contribution in [0, 0.1) is 10.1 Å². The number of anilines is 3. The highest BCUT2D eigenvalue weighted by Crippen LogP contribution is 2.37. The quantitative estimate of drug-likeness (QED) is 0.394. The van der Waals surface area contributed by atoms with E-state index in [4.69, 9.17) is 14.2 Å². The fourth-order valence-electron chi connectivity index (χ4n) is 3.74. The molecule has 168 valence electrons. The molecule has 4 heterocycles. The molecule has 2 fully saturated rings. The summed E-state index contributed by atoms with van der Waals surface area (Å²) in [6.45, 7) is 4.40. The maximum Gasteiger partial charge on any atom is 0.282 e. The van der Waals surface area contributed by atoms with Gasteiger partial charge in [-0.25, -0.2) is 5.43 Å². The molecule has 1 aromatic heterocycles. The SMILES string of the molecule is O=[N+]([O-])c1cc2c(cc1/C=N/Nc1nc(N3CCCC3)nc(N3CCOCC3)n1)OCO2. The van der Waals surface area contributed by atoms with Crippen LogP contribution >= 0.6 is 0 Å². The Balaban J connectivity index is 1.40. The van der Waals surface area contributed by atoms with E-state index in [0.717, 1.165) is 25.9 Å². The average Bonchev–Trinajstić information content (AvgIpc) is 3.51. The fraction of sp³-hybridized carbons (Fsp3) is 0.474. The number of benzene rings is 1. The molecular weight excluding hydrogens is 420 g/mol. The summed E-state index contributed by atoms with van der Waals surface area (Å²) in [5.74, 6) is 2.18. The molecule has 0 unspecified atom stereocenters. The molecule has 1 N–H and O–H groups in total. The molecule has 0 atom stereocenters. The van der Waals surface area contributed by atoms with Gasteiger partial charge in [0.2, 0.25) is 24.6 Å².